The minimum atomic E-state index is -0.328. The molecule has 2 heterocycles. The second kappa shape index (κ2) is 7.59. The molecule has 1 unspecified atom stereocenters. The molecule has 1 aliphatic heterocycles. The molecule has 1 fully saturated rings. The number of halogens is 1. The van der Waals surface area contributed by atoms with Gasteiger partial charge in [-0.2, -0.15) is 0 Å². The summed E-state index contributed by atoms with van der Waals surface area (Å²) in [6, 6.07) is 7.33. The van der Waals surface area contributed by atoms with Crippen LogP contribution in [-0.4, -0.2) is 47.9 Å². The van der Waals surface area contributed by atoms with E-state index in [1.807, 2.05) is 6.92 Å². The van der Waals surface area contributed by atoms with E-state index in [0.717, 1.165) is 0 Å². The predicted octanol–water partition coefficient (Wildman–Crippen LogP) is 2.96. The van der Waals surface area contributed by atoms with Gasteiger partial charge in [0.25, 0.3) is 5.91 Å². The van der Waals surface area contributed by atoms with Gasteiger partial charge in [0, 0.05) is 26.2 Å². The molecule has 0 aliphatic carbocycles. The van der Waals surface area contributed by atoms with Crippen LogP contribution in [-0.2, 0) is 0 Å². The van der Waals surface area contributed by atoms with E-state index in [2.05, 4.69) is 5.32 Å². The number of hydrogen-bond acceptors (Lipinski definition) is 3. The van der Waals surface area contributed by atoms with Gasteiger partial charge in [-0.15, -0.1) is 0 Å². The van der Waals surface area contributed by atoms with E-state index in [-0.39, 0.29) is 23.8 Å². The van der Waals surface area contributed by atoms with Crippen molar-refractivity contribution in [3.05, 3.63) is 59.3 Å². The molecular formula is C19H22FN3O3. The van der Waals surface area contributed by atoms with Gasteiger partial charge < -0.3 is 19.5 Å². The van der Waals surface area contributed by atoms with Crippen molar-refractivity contribution in [3.63, 3.8) is 0 Å². The summed E-state index contributed by atoms with van der Waals surface area (Å²) in [7, 11) is 0. The van der Waals surface area contributed by atoms with Crippen LogP contribution in [0.25, 0.3) is 0 Å². The number of nitrogens with one attached hydrogen (secondary N) is 1. The standard InChI is InChI=1S/C19H22FN3O3/c1-13(15-4-3-5-16(20)12-15)21-19(25)23-9-7-22(8-10-23)18(24)17-6-11-26-14(17)2/h3-6,11-13H,7-10H2,1-2H3,(H,21,25). The topological polar surface area (TPSA) is 65.8 Å². The molecule has 3 rings (SSSR count). The Morgan fingerprint density at radius 1 is 1.15 bits per heavy atom. The van der Waals surface area contributed by atoms with Crippen molar-refractivity contribution >= 4 is 11.9 Å². The zero-order chi connectivity index (χ0) is 18.7. The van der Waals surface area contributed by atoms with Gasteiger partial charge in [0.15, 0.2) is 0 Å². The molecule has 1 aromatic heterocycles. The average molecular weight is 359 g/mol. The van der Waals surface area contributed by atoms with Gasteiger partial charge in [0.05, 0.1) is 17.9 Å². The lowest BCUT2D eigenvalue weighted by molar-refractivity contribution is 0.0662. The number of carbonyl (C=O) groups excluding carboxylic acids is 2. The molecule has 26 heavy (non-hydrogen) atoms. The number of furan rings is 1. The van der Waals surface area contributed by atoms with E-state index in [9.17, 15) is 14.0 Å². The molecule has 1 atom stereocenters. The summed E-state index contributed by atoms with van der Waals surface area (Å²) < 4.78 is 18.5. The second-order valence-corrected chi connectivity index (χ2v) is 6.40. The summed E-state index contributed by atoms with van der Waals surface area (Å²) >= 11 is 0. The number of carbonyl (C=O) groups is 2. The Bertz CT molecular complexity index is 797. The highest BCUT2D eigenvalue weighted by Gasteiger charge is 2.27. The first-order valence-corrected chi connectivity index (χ1v) is 8.60. The van der Waals surface area contributed by atoms with E-state index >= 15 is 0 Å². The molecule has 3 amide bonds. The Kier molecular flexibility index (Phi) is 5.25. The zero-order valence-electron chi connectivity index (χ0n) is 14.9. The van der Waals surface area contributed by atoms with Gasteiger partial charge >= 0.3 is 6.03 Å². The van der Waals surface area contributed by atoms with E-state index in [4.69, 9.17) is 4.42 Å². The minimum absolute atomic E-state index is 0.0792. The van der Waals surface area contributed by atoms with Gasteiger partial charge in [0.2, 0.25) is 0 Å². The maximum Gasteiger partial charge on any atom is 0.317 e. The summed E-state index contributed by atoms with van der Waals surface area (Å²) in [4.78, 5) is 28.3. The highest BCUT2D eigenvalue weighted by atomic mass is 19.1. The van der Waals surface area contributed by atoms with Crippen LogP contribution in [0.2, 0.25) is 0 Å². The maximum absolute atomic E-state index is 13.3. The van der Waals surface area contributed by atoms with Gasteiger partial charge in [-0.05, 0) is 37.6 Å². The third kappa shape index (κ3) is 3.87. The van der Waals surface area contributed by atoms with Crippen molar-refractivity contribution in [1.82, 2.24) is 15.1 Å². The lowest BCUT2D eigenvalue weighted by atomic mass is 10.1. The van der Waals surface area contributed by atoms with Gasteiger partial charge in [-0.3, -0.25) is 4.79 Å². The van der Waals surface area contributed by atoms with Crippen LogP contribution < -0.4 is 5.32 Å². The largest absolute Gasteiger partial charge is 0.469 e. The molecule has 7 heteroatoms. The Hall–Kier alpha value is -2.83. The SMILES string of the molecule is Cc1occc1C(=O)N1CCN(C(=O)NC(C)c2cccc(F)c2)CC1. The fourth-order valence-corrected chi connectivity index (χ4v) is 3.03. The average Bonchev–Trinajstić information content (AvgIpc) is 3.07. The molecule has 1 aromatic carbocycles. The highest BCUT2D eigenvalue weighted by Crippen LogP contribution is 2.16. The van der Waals surface area contributed by atoms with Crippen LogP contribution >= 0.6 is 0 Å². The first kappa shape index (κ1) is 18.0. The summed E-state index contributed by atoms with van der Waals surface area (Å²) in [6.07, 6.45) is 1.50. The first-order chi connectivity index (χ1) is 12.5. The third-order valence-corrected chi connectivity index (χ3v) is 4.63. The summed E-state index contributed by atoms with van der Waals surface area (Å²) in [5.74, 6) is 0.189. The minimum Gasteiger partial charge on any atom is -0.469 e. The number of benzene rings is 1. The van der Waals surface area contributed by atoms with Crippen molar-refractivity contribution in [2.45, 2.75) is 19.9 Å². The zero-order valence-corrected chi connectivity index (χ0v) is 14.9. The van der Waals surface area contributed by atoms with Crippen molar-refractivity contribution in [2.24, 2.45) is 0 Å². The van der Waals surface area contributed by atoms with Crippen LogP contribution in [0.15, 0.2) is 41.0 Å². The number of amides is 3. The smallest absolute Gasteiger partial charge is 0.317 e. The molecule has 6 nitrogen and oxygen atoms in total. The molecule has 2 aromatic rings. The Morgan fingerprint density at radius 2 is 1.85 bits per heavy atom. The van der Waals surface area contributed by atoms with Gasteiger partial charge in [-0.25, -0.2) is 9.18 Å². The molecule has 138 valence electrons. The number of piperazine rings is 1. The number of hydrogen-bond donors (Lipinski definition) is 1. The quantitative estimate of drug-likeness (QED) is 0.916. The van der Waals surface area contributed by atoms with E-state index in [1.165, 1.54) is 18.4 Å². The second-order valence-electron chi connectivity index (χ2n) is 6.40. The maximum atomic E-state index is 13.3. The van der Waals surface area contributed by atoms with Crippen molar-refractivity contribution in [2.75, 3.05) is 26.2 Å². The van der Waals surface area contributed by atoms with E-state index in [0.29, 0.717) is 43.1 Å². The molecule has 1 aliphatic rings. The van der Waals surface area contributed by atoms with Crippen molar-refractivity contribution in [3.8, 4) is 0 Å². The molecule has 0 saturated carbocycles. The first-order valence-electron chi connectivity index (χ1n) is 8.60. The lowest BCUT2D eigenvalue weighted by Gasteiger charge is -2.35. The molecule has 0 spiro atoms. The number of rotatable bonds is 3. The van der Waals surface area contributed by atoms with Crippen LogP contribution in [0.5, 0.6) is 0 Å². The lowest BCUT2D eigenvalue weighted by Crippen LogP contribution is -2.53. The number of nitrogens with zero attached hydrogens (tertiary/aromatic N) is 2. The van der Waals surface area contributed by atoms with Crippen LogP contribution in [0.4, 0.5) is 9.18 Å². The number of aryl methyl sites for hydroxylation is 1. The summed E-state index contributed by atoms with van der Waals surface area (Å²) in [6.45, 7) is 5.39. The van der Waals surface area contributed by atoms with Crippen molar-refractivity contribution < 1.29 is 18.4 Å². The normalized spacial score (nSPS) is 15.7. The fourth-order valence-electron chi connectivity index (χ4n) is 3.03. The Labute approximate surface area is 151 Å². The summed E-state index contributed by atoms with van der Waals surface area (Å²) in [5.41, 5.74) is 1.27. The molecule has 1 N–H and O–H groups in total. The highest BCUT2D eigenvalue weighted by molar-refractivity contribution is 5.95. The molecule has 1 saturated heterocycles. The van der Waals surface area contributed by atoms with E-state index in [1.54, 1.807) is 34.9 Å². The molecular weight excluding hydrogens is 337 g/mol. The molecule has 0 radical (unpaired) electrons. The van der Waals surface area contributed by atoms with Crippen molar-refractivity contribution in [1.29, 1.82) is 0 Å². The monoisotopic (exact) mass is 359 g/mol. The fraction of sp³-hybridized carbons (Fsp3) is 0.368. The predicted molar refractivity (Wildman–Crippen MR) is 94.3 cm³/mol. The Balaban J connectivity index is 1.53. The van der Waals surface area contributed by atoms with Crippen LogP contribution in [0, 0.1) is 12.7 Å². The summed E-state index contributed by atoms with van der Waals surface area (Å²) in [5, 5.41) is 2.88. The van der Waals surface area contributed by atoms with Crippen LogP contribution in [0.1, 0.15) is 34.6 Å². The third-order valence-electron chi connectivity index (χ3n) is 4.63. The number of urea groups is 1. The van der Waals surface area contributed by atoms with Crippen LogP contribution in [0.3, 0.4) is 0 Å². The Morgan fingerprint density at radius 3 is 2.46 bits per heavy atom. The van der Waals surface area contributed by atoms with Gasteiger partial charge in [-0.1, -0.05) is 12.1 Å². The van der Waals surface area contributed by atoms with E-state index < -0.39 is 0 Å². The van der Waals surface area contributed by atoms with Gasteiger partial charge in [0.1, 0.15) is 11.6 Å². The molecule has 0 bridgehead atoms.